The predicted molar refractivity (Wildman–Crippen MR) is 86.0 cm³/mol. The van der Waals surface area contributed by atoms with Gasteiger partial charge in [-0.2, -0.15) is 0 Å². The fraction of sp³-hybridized carbons (Fsp3) is 0.714. The number of rotatable bonds is 2. The molecular weight excluding hydrogens is 286 g/mol. The summed E-state index contributed by atoms with van der Waals surface area (Å²) in [6.45, 7) is 8.76. The van der Waals surface area contributed by atoms with Crippen LogP contribution in [-0.4, -0.2) is 54.1 Å². The maximum atomic E-state index is 12.8. The maximum absolute atomic E-state index is 12.8. The van der Waals surface area contributed by atoms with Crippen molar-refractivity contribution in [2.75, 3.05) is 43.4 Å². The van der Waals surface area contributed by atoms with Gasteiger partial charge < -0.3 is 20.9 Å². The molecule has 3 N–H and O–H groups in total. The summed E-state index contributed by atoms with van der Waals surface area (Å²) in [5.74, 6) is 0.412. The minimum absolute atomic E-state index is 0.0360. The van der Waals surface area contributed by atoms with Crippen LogP contribution in [0.2, 0.25) is 0 Å². The molecule has 2 saturated heterocycles. The molecule has 0 atom stereocenters. The second-order valence-electron chi connectivity index (χ2n) is 6.32. The van der Waals surface area contributed by atoms with E-state index < -0.39 is 0 Å². The van der Waals surface area contributed by atoms with E-state index in [1.165, 1.54) is 11.3 Å². The molecule has 0 aliphatic carbocycles. The predicted octanol–water partition coefficient (Wildman–Crippen LogP) is 1.15. The van der Waals surface area contributed by atoms with Crippen LogP contribution in [0.4, 0.5) is 10.9 Å². The highest BCUT2D eigenvalue weighted by Crippen LogP contribution is 2.34. The summed E-state index contributed by atoms with van der Waals surface area (Å²) in [6.07, 6.45) is 2.10. The highest BCUT2D eigenvalue weighted by molar-refractivity contribution is 7.18. The zero-order valence-electron chi connectivity index (χ0n) is 12.7. The molecule has 6 nitrogen and oxygen atoms in total. The molecule has 1 amide bonds. The molecule has 0 unspecified atom stereocenters. The monoisotopic (exact) mass is 309 g/mol. The van der Waals surface area contributed by atoms with Crippen LogP contribution in [0.5, 0.6) is 0 Å². The number of aromatic nitrogens is 1. The summed E-state index contributed by atoms with van der Waals surface area (Å²) in [4.78, 5) is 21.9. The lowest BCUT2D eigenvalue weighted by Crippen LogP contribution is -2.43. The largest absolute Gasteiger partial charge is 0.382 e. The Bertz CT molecular complexity index is 535. The quantitative estimate of drug-likeness (QED) is 0.857. The number of anilines is 2. The summed E-state index contributed by atoms with van der Waals surface area (Å²) in [5.41, 5.74) is 5.93. The average Bonchev–Trinajstić information content (AvgIpc) is 3.02. The molecule has 1 aromatic heterocycles. The van der Waals surface area contributed by atoms with Crippen molar-refractivity contribution in [3.63, 3.8) is 0 Å². The van der Waals surface area contributed by atoms with Crippen molar-refractivity contribution in [2.24, 2.45) is 0 Å². The number of amides is 1. The molecule has 0 spiro atoms. The van der Waals surface area contributed by atoms with Gasteiger partial charge in [-0.1, -0.05) is 11.3 Å². The van der Waals surface area contributed by atoms with Crippen molar-refractivity contribution in [1.82, 2.24) is 15.2 Å². The second kappa shape index (κ2) is 5.46. The molecule has 116 valence electrons. The molecule has 3 rings (SSSR count). The number of hydrogen-bond donors (Lipinski definition) is 2. The summed E-state index contributed by atoms with van der Waals surface area (Å²) in [5, 5.41) is 4.18. The molecule has 1 aromatic rings. The Hall–Kier alpha value is -1.34. The lowest BCUT2D eigenvalue weighted by molar-refractivity contribution is 0.0658. The lowest BCUT2D eigenvalue weighted by atomic mass is 10.0. The van der Waals surface area contributed by atoms with Crippen LogP contribution in [0.1, 0.15) is 36.4 Å². The summed E-state index contributed by atoms with van der Waals surface area (Å²) in [7, 11) is 0. The Morgan fingerprint density at radius 1 is 1.33 bits per heavy atom. The van der Waals surface area contributed by atoms with Gasteiger partial charge in [0.05, 0.1) is 0 Å². The molecule has 2 aliphatic rings. The number of nitrogen functional groups attached to an aromatic ring is 1. The number of likely N-dealkylation sites (tertiary alicyclic amines) is 1. The third kappa shape index (κ3) is 2.72. The van der Waals surface area contributed by atoms with Gasteiger partial charge in [-0.25, -0.2) is 4.98 Å². The number of thiazole rings is 1. The molecule has 0 bridgehead atoms. The first kappa shape index (κ1) is 14.6. The summed E-state index contributed by atoms with van der Waals surface area (Å²) in [6, 6.07) is 0. The third-order valence-electron chi connectivity index (χ3n) is 4.37. The standard InChI is InChI=1S/C14H23N5OS/c1-14(2)4-3-7-19(14)12(20)10-11(15)17-13(21-10)18-8-5-16-6-9-18/h16H,3-9,15H2,1-2H3. The topological polar surface area (TPSA) is 74.5 Å². The molecule has 2 fully saturated rings. The van der Waals surface area contributed by atoms with Gasteiger partial charge in [-0.3, -0.25) is 4.79 Å². The van der Waals surface area contributed by atoms with Crippen molar-refractivity contribution in [3.05, 3.63) is 4.88 Å². The number of nitrogens with two attached hydrogens (primary N) is 1. The molecule has 3 heterocycles. The van der Waals surface area contributed by atoms with Crippen molar-refractivity contribution in [1.29, 1.82) is 0 Å². The van der Waals surface area contributed by atoms with E-state index >= 15 is 0 Å². The third-order valence-corrected chi connectivity index (χ3v) is 5.49. The molecule has 0 radical (unpaired) electrons. The van der Waals surface area contributed by atoms with E-state index in [2.05, 4.69) is 29.0 Å². The zero-order valence-corrected chi connectivity index (χ0v) is 13.5. The van der Waals surface area contributed by atoms with Crippen molar-refractivity contribution in [2.45, 2.75) is 32.2 Å². The molecule has 7 heteroatoms. The summed E-state index contributed by atoms with van der Waals surface area (Å²) < 4.78 is 0. The van der Waals surface area contributed by atoms with Crippen molar-refractivity contribution >= 4 is 28.2 Å². The van der Waals surface area contributed by atoms with Crippen LogP contribution in [-0.2, 0) is 0 Å². The number of piperazine rings is 1. The highest BCUT2D eigenvalue weighted by atomic mass is 32.1. The van der Waals surface area contributed by atoms with Gasteiger partial charge in [0.2, 0.25) is 0 Å². The highest BCUT2D eigenvalue weighted by Gasteiger charge is 2.37. The molecule has 0 aromatic carbocycles. The van der Waals surface area contributed by atoms with E-state index in [0.29, 0.717) is 10.7 Å². The summed E-state index contributed by atoms with van der Waals surface area (Å²) >= 11 is 1.43. The van der Waals surface area contributed by atoms with Gasteiger partial charge in [-0.05, 0) is 26.7 Å². The molecule has 21 heavy (non-hydrogen) atoms. The van der Waals surface area contributed by atoms with E-state index in [-0.39, 0.29) is 11.4 Å². The Morgan fingerprint density at radius 2 is 2.05 bits per heavy atom. The Kier molecular flexibility index (Phi) is 3.79. The Balaban J connectivity index is 1.82. The SMILES string of the molecule is CC1(C)CCCN1C(=O)c1sc(N2CCNCC2)nc1N. The first-order chi connectivity index (χ1) is 9.99. The number of nitrogens with one attached hydrogen (secondary N) is 1. The maximum Gasteiger partial charge on any atom is 0.268 e. The van der Waals surface area contributed by atoms with Crippen LogP contribution in [0.3, 0.4) is 0 Å². The van der Waals surface area contributed by atoms with E-state index in [9.17, 15) is 4.79 Å². The van der Waals surface area contributed by atoms with Crippen LogP contribution < -0.4 is 16.0 Å². The lowest BCUT2D eigenvalue weighted by Gasteiger charge is -2.31. The van der Waals surface area contributed by atoms with Gasteiger partial charge in [0.15, 0.2) is 5.13 Å². The van der Waals surface area contributed by atoms with E-state index in [1.807, 2.05) is 4.90 Å². The fourth-order valence-corrected chi connectivity index (χ4v) is 4.06. The normalized spacial score (nSPS) is 21.8. The van der Waals surface area contributed by atoms with E-state index in [4.69, 9.17) is 5.73 Å². The second-order valence-corrected chi connectivity index (χ2v) is 7.30. The number of carbonyl (C=O) groups is 1. The zero-order chi connectivity index (χ0) is 15.0. The van der Waals surface area contributed by atoms with Gasteiger partial charge >= 0.3 is 0 Å². The van der Waals surface area contributed by atoms with Crippen molar-refractivity contribution < 1.29 is 4.79 Å². The number of hydrogen-bond acceptors (Lipinski definition) is 6. The average molecular weight is 309 g/mol. The van der Waals surface area contributed by atoms with Crippen LogP contribution in [0, 0.1) is 0 Å². The minimum atomic E-state index is -0.0806. The van der Waals surface area contributed by atoms with Gasteiger partial charge in [0, 0.05) is 38.3 Å². The molecular formula is C14H23N5OS. The first-order valence-electron chi connectivity index (χ1n) is 7.53. The van der Waals surface area contributed by atoms with Crippen LogP contribution in [0.15, 0.2) is 0 Å². The van der Waals surface area contributed by atoms with E-state index in [1.54, 1.807) is 0 Å². The number of nitrogens with zero attached hydrogens (tertiary/aromatic N) is 3. The van der Waals surface area contributed by atoms with Crippen LogP contribution >= 0.6 is 11.3 Å². The van der Waals surface area contributed by atoms with Crippen molar-refractivity contribution in [3.8, 4) is 0 Å². The fourth-order valence-electron chi connectivity index (χ4n) is 3.07. The Morgan fingerprint density at radius 3 is 2.67 bits per heavy atom. The minimum Gasteiger partial charge on any atom is -0.382 e. The molecule has 2 aliphatic heterocycles. The number of carbonyl (C=O) groups excluding carboxylic acids is 1. The van der Waals surface area contributed by atoms with Crippen LogP contribution in [0.25, 0.3) is 0 Å². The van der Waals surface area contributed by atoms with E-state index in [0.717, 1.165) is 50.7 Å². The van der Waals surface area contributed by atoms with Gasteiger partial charge in [0.1, 0.15) is 10.7 Å². The van der Waals surface area contributed by atoms with Gasteiger partial charge in [0.25, 0.3) is 5.91 Å². The Labute approximate surface area is 129 Å². The molecule has 0 saturated carbocycles. The first-order valence-corrected chi connectivity index (χ1v) is 8.34. The van der Waals surface area contributed by atoms with Gasteiger partial charge in [-0.15, -0.1) is 0 Å². The smallest absolute Gasteiger partial charge is 0.268 e.